The number of carbonyl (C=O) groups excluding carboxylic acids is 1. The normalized spacial score (nSPS) is 10.1. The molecule has 1 N–H and O–H groups in total. The Labute approximate surface area is 114 Å². The Balaban J connectivity index is 2.03. The number of aryl methyl sites for hydroxylation is 1. The van der Waals surface area contributed by atoms with Crippen molar-refractivity contribution in [2.45, 2.75) is 13.3 Å². The molecule has 0 saturated heterocycles. The number of amides is 1. The highest BCUT2D eigenvalue weighted by Gasteiger charge is 2.06. The Bertz CT molecular complexity index is 555. The van der Waals surface area contributed by atoms with Crippen molar-refractivity contribution in [1.29, 1.82) is 0 Å². The Hall–Kier alpha value is -1.68. The van der Waals surface area contributed by atoms with Gasteiger partial charge in [0.1, 0.15) is 0 Å². The summed E-state index contributed by atoms with van der Waals surface area (Å²) in [6.45, 7) is 1.96. The molecule has 1 aromatic carbocycles. The van der Waals surface area contributed by atoms with E-state index >= 15 is 0 Å². The summed E-state index contributed by atoms with van der Waals surface area (Å²) in [4.78, 5) is 15.9. The number of anilines is 1. The molecule has 1 aromatic heterocycles. The number of nitrogens with one attached hydrogen (secondary N) is 1. The van der Waals surface area contributed by atoms with Crippen LogP contribution in [0.4, 0.5) is 5.69 Å². The molecule has 92 valence electrons. The standard InChI is InChI=1S/C14H13BrN2O/c1-10-7-12(15)4-5-13(10)17-14(18)8-11-3-2-6-16-9-11/h2-7,9H,8H2,1H3,(H,17,18). The van der Waals surface area contributed by atoms with Crippen LogP contribution >= 0.6 is 15.9 Å². The van der Waals surface area contributed by atoms with E-state index < -0.39 is 0 Å². The fraction of sp³-hybridized carbons (Fsp3) is 0.143. The zero-order valence-electron chi connectivity index (χ0n) is 9.98. The first kappa shape index (κ1) is 12.8. The quantitative estimate of drug-likeness (QED) is 0.945. The molecule has 0 unspecified atom stereocenters. The minimum Gasteiger partial charge on any atom is -0.326 e. The van der Waals surface area contributed by atoms with Crippen molar-refractivity contribution in [2.24, 2.45) is 0 Å². The second kappa shape index (κ2) is 5.78. The smallest absolute Gasteiger partial charge is 0.228 e. The molecule has 0 spiro atoms. The minimum atomic E-state index is -0.0339. The number of hydrogen-bond donors (Lipinski definition) is 1. The van der Waals surface area contributed by atoms with Gasteiger partial charge in [0, 0.05) is 22.6 Å². The summed E-state index contributed by atoms with van der Waals surface area (Å²) in [7, 11) is 0. The molecule has 1 amide bonds. The topological polar surface area (TPSA) is 42.0 Å². The van der Waals surface area contributed by atoms with Gasteiger partial charge in [0.15, 0.2) is 0 Å². The first-order valence-electron chi connectivity index (χ1n) is 5.60. The van der Waals surface area contributed by atoms with Crippen molar-refractivity contribution in [1.82, 2.24) is 4.98 Å². The molecule has 0 aliphatic heterocycles. The molecule has 2 rings (SSSR count). The molecule has 0 fully saturated rings. The zero-order valence-corrected chi connectivity index (χ0v) is 11.6. The van der Waals surface area contributed by atoms with E-state index in [9.17, 15) is 4.79 Å². The molecule has 0 atom stereocenters. The number of nitrogens with zero attached hydrogens (tertiary/aromatic N) is 1. The maximum Gasteiger partial charge on any atom is 0.228 e. The van der Waals surface area contributed by atoms with E-state index in [4.69, 9.17) is 0 Å². The van der Waals surface area contributed by atoms with E-state index in [0.29, 0.717) is 6.42 Å². The number of halogens is 1. The lowest BCUT2D eigenvalue weighted by Gasteiger charge is -2.08. The van der Waals surface area contributed by atoms with Crippen LogP contribution in [0.25, 0.3) is 0 Å². The number of rotatable bonds is 3. The van der Waals surface area contributed by atoms with Gasteiger partial charge in [-0.15, -0.1) is 0 Å². The van der Waals surface area contributed by atoms with Crippen molar-refractivity contribution in [3.8, 4) is 0 Å². The van der Waals surface area contributed by atoms with Gasteiger partial charge in [-0.2, -0.15) is 0 Å². The monoisotopic (exact) mass is 304 g/mol. The average molecular weight is 305 g/mol. The van der Waals surface area contributed by atoms with Crippen LogP contribution in [0.2, 0.25) is 0 Å². The van der Waals surface area contributed by atoms with Crippen molar-refractivity contribution >= 4 is 27.5 Å². The first-order chi connectivity index (χ1) is 8.65. The number of carbonyl (C=O) groups is 1. The van der Waals surface area contributed by atoms with Crippen LogP contribution < -0.4 is 5.32 Å². The maximum atomic E-state index is 11.9. The van der Waals surface area contributed by atoms with E-state index in [1.165, 1.54) is 0 Å². The fourth-order valence-corrected chi connectivity index (χ4v) is 2.13. The van der Waals surface area contributed by atoms with Gasteiger partial charge in [-0.3, -0.25) is 9.78 Å². The third kappa shape index (κ3) is 3.40. The molecular weight excluding hydrogens is 292 g/mol. The third-order valence-electron chi connectivity index (χ3n) is 2.55. The summed E-state index contributed by atoms with van der Waals surface area (Å²) in [6, 6.07) is 9.49. The Morgan fingerprint density at radius 2 is 2.22 bits per heavy atom. The summed E-state index contributed by atoms with van der Waals surface area (Å²) >= 11 is 3.40. The minimum absolute atomic E-state index is 0.0339. The molecule has 2 aromatic rings. The average Bonchev–Trinajstić information content (AvgIpc) is 2.34. The number of aromatic nitrogens is 1. The van der Waals surface area contributed by atoms with Gasteiger partial charge >= 0.3 is 0 Å². The van der Waals surface area contributed by atoms with Crippen LogP contribution in [0.1, 0.15) is 11.1 Å². The van der Waals surface area contributed by atoms with Crippen molar-refractivity contribution in [3.05, 3.63) is 58.3 Å². The van der Waals surface area contributed by atoms with E-state index in [1.54, 1.807) is 12.4 Å². The van der Waals surface area contributed by atoms with Gasteiger partial charge in [0.2, 0.25) is 5.91 Å². The van der Waals surface area contributed by atoms with E-state index in [0.717, 1.165) is 21.3 Å². The highest BCUT2D eigenvalue weighted by Crippen LogP contribution is 2.20. The summed E-state index contributed by atoms with van der Waals surface area (Å²) in [5.74, 6) is -0.0339. The van der Waals surface area contributed by atoms with Gasteiger partial charge in [0.25, 0.3) is 0 Å². The van der Waals surface area contributed by atoms with Crippen molar-refractivity contribution in [2.75, 3.05) is 5.32 Å². The van der Waals surface area contributed by atoms with E-state index in [-0.39, 0.29) is 5.91 Å². The van der Waals surface area contributed by atoms with Crippen LogP contribution in [-0.2, 0) is 11.2 Å². The van der Waals surface area contributed by atoms with Gasteiger partial charge in [-0.25, -0.2) is 0 Å². The third-order valence-corrected chi connectivity index (χ3v) is 3.04. The Kier molecular flexibility index (Phi) is 4.10. The first-order valence-corrected chi connectivity index (χ1v) is 6.39. The van der Waals surface area contributed by atoms with Gasteiger partial charge in [-0.05, 0) is 42.3 Å². The van der Waals surface area contributed by atoms with E-state index in [1.807, 2.05) is 37.3 Å². The molecule has 0 radical (unpaired) electrons. The Morgan fingerprint density at radius 1 is 1.39 bits per heavy atom. The number of benzene rings is 1. The van der Waals surface area contributed by atoms with Crippen LogP contribution in [0, 0.1) is 6.92 Å². The second-order valence-corrected chi connectivity index (χ2v) is 4.96. The molecule has 0 saturated carbocycles. The van der Waals surface area contributed by atoms with Crippen LogP contribution in [-0.4, -0.2) is 10.9 Å². The summed E-state index contributed by atoms with van der Waals surface area (Å²) < 4.78 is 1.00. The van der Waals surface area contributed by atoms with Gasteiger partial charge < -0.3 is 5.32 Å². The molecule has 3 nitrogen and oxygen atoms in total. The SMILES string of the molecule is Cc1cc(Br)ccc1NC(=O)Cc1cccnc1. The lowest BCUT2D eigenvalue weighted by Crippen LogP contribution is -2.15. The van der Waals surface area contributed by atoms with Crippen LogP contribution in [0.5, 0.6) is 0 Å². The largest absolute Gasteiger partial charge is 0.326 e. The lowest BCUT2D eigenvalue weighted by molar-refractivity contribution is -0.115. The summed E-state index contributed by atoms with van der Waals surface area (Å²) in [5.41, 5.74) is 2.78. The summed E-state index contributed by atoms with van der Waals surface area (Å²) in [6.07, 6.45) is 3.73. The van der Waals surface area contributed by atoms with Crippen molar-refractivity contribution in [3.63, 3.8) is 0 Å². The predicted molar refractivity (Wildman–Crippen MR) is 75.4 cm³/mol. The highest BCUT2D eigenvalue weighted by molar-refractivity contribution is 9.10. The molecule has 0 bridgehead atoms. The van der Waals surface area contributed by atoms with Gasteiger partial charge in [0.05, 0.1) is 6.42 Å². The zero-order chi connectivity index (χ0) is 13.0. The molecular formula is C14H13BrN2O. The lowest BCUT2D eigenvalue weighted by atomic mass is 10.1. The fourth-order valence-electron chi connectivity index (χ4n) is 1.65. The highest BCUT2D eigenvalue weighted by atomic mass is 79.9. The summed E-state index contributed by atoms with van der Waals surface area (Å²) in [5, 5.41) is 2.90. The second-order valence-electron chi connectivity index (χ2n) is 4.05. The maximum absolute atomic E-state index is 11.9. The van der Waals surface area contributed by atoms with Crippen LogP contribution in [0.3, 0.4) is 0 Å². The van der Waals surface area contributed by atoms with E-state index in [2.05, 4.69) is 26.2 Å². The molecule has 1 heterocycles. The van der Waals surface area contributed by atoms with Crippen molar-refractivity contribution < 1.29 is 4.79 Å². The molecule has 18 heavy (non-hydrogen) atoms. The number of hydrogen-bond acceptors (Lipinski definition) is 2. The Morgan fingerprint density at radius 3 is 2.89 bits per heavy atom. The number of pyridine rings is 1. The van der Waals surface area contributed by atoms with Gasteiger partial charge in [-0.1, -0.05) is 22.0 Å². The molecule has 4 heteroatoms. The molecule has 0 aliphatic rings. The molecule has 0 aliphatic carbocycles. The van der Waals surface area contributed by atoms with Crippen LogP contribution in [0.15, 0.2) is 47.2 Å². The predicted octanol–water partition coefficient (Wildman–Crippen LogP) is 3.33.